The van der Waals surface area contributed by atoms with E-state index in [1.54, 1.807) is 0 Å². The van der Waals surface area contributed by atoms with Crippen LogP contribution in [0.4, 0.5) is 0 Å². The number of aromatic carboxylic acids is 1. The molecule has 0 unspecified atom stereocenters. The molecule has 0 aliphatic rings. The summed E-state index contributed by atoms with van der Waals surface area (Å²) in [6.07, 6.45) is 0. The predicted octanol–water partition coefficient (Wildman–Crippen LogP) is 3.10. The van der Waals surface area contributed by atoms with Crippen molar-refractivity contribution >= 4 is 5.97 Å². The first-order chi connectivity index (χ1) is 8.04. The lowest BCUT2D eigenvalue weighted by Crippen LogP contribution is -2.02. The number of carboxylic acids is 1. The second-order valence-corrected chi connectivity index (χ2v) is 4.15. The maximum atomic E-state index is 11.2. The van der Waals surface area contributed by atoms with E-state index in [0.29, 0.717) is 5.56 Å². The molecule has 1 N–H and O–H groups in total. The molecule has 0 radical (unpaired) electrons. The zero-order chi connectivity index (χ0) is 12.6. The fourth-order valence-corrected chi connectivity index (χ4v) is 2.26. The van der Waals surface area contributed by atoms with E-state index in [1.165, 1.54) is 0 Å². The summed E-state index contributed by atoms with van der Waals surface area (Å²) >= 11 is 0. The molecule has 1 aromatic heterocycles. The van der Waals surface area contributed by atoms with Gasteiger partial charge in [0.15, 0.2) is 0 Å². The van der Waals surface area contributed by atoms with Gasteiger partial charge in [0.05, 0.1) is 5.56 Å². The van der Waals surface area contributed by atoms with Crippen molar-refractivity contribution < 1.29 is 9.90 Å². The smallest absolute Gasteiger partial charge is 0.337 e. The average molecular weight is 229 g/mol. The quantitative estimate of drug-likeness (QED) is 0.859. The van der Waals surface area contributed by atoms with E-state index in [1.807, 2.05) is 55.7 Å². The number of carboxylic acid groups (broad SMARTS) is 1. The van der Waals surface area contributed by atoms with Gasteiger partial charge in [-0.2, -0.15) is 0 Å². The molecule has 1 heterocycles. The second kappa shape index (κ2) is 4.09. The molecule has 88 valence electrons. The maximum Gasteiger partial charge on any atom is 0.337 e. The second-order valence-electron chi connectivity index (χ2n) is 4.15. The first-order valence-electron chi connectivity index (χ1n) is 5.51. The van der Waals surface area contributed by atoms with Crippen LogP contribution in [0.25, 0.3) is 5.69 Å². The summed E-state index contributed by atoms with van der Waals surface area (Å²) in [5.74, 6) is -0.863. The number of hydrogen-bond donors (Lipinski definition) is 1. The number of nitrogens with zero attached hydrogens (tertiary/aromatic N) is 1. The highest BCUT2D eigenvalue weighted by molar-refractivity contribution is 5.91. The van der Waals surface area contributed by atoms with Gasteiger partial charge in [-0.3, -0.25) is 0 Å². The fourth-order valence-electron chi connectivity index (χ4n) is 2.26. The van der Waals surface area contributed by atoms with Crippen molar-refractivity contribution in [1.82, 2.24) is 4.57 Å². The topological polar surface area (TPSA) is 42.2 Å². The summed E-state index contributed by atoms with van der Waals surface area (Å²) in [5.41, 5.74) is 3.99. The van der Waals surface area contributed by atoms with Crippen LogP contribution < -0.4 is 0 Å². The van der Waals surface area contributed by atoms with Gasteiger partial charge in [-0.1, -0.05) is 18.2 Å². The van der Waals surface area contributed by atoms with Gasteiger partial charge in [0.25, 0.3) is 0 Å². The number of aromatic nitrogens is 1. The lowest BCUT2D eigenvalue weighted by atomic mass is 10.1. The maximum absolute atomic E-state index is 11.2. The van der Waals surface area contributed by atoms with Gasteiger partial charge in [-0.25, -0.2) is 4.79 Å². The minimum Gasteiger partial charge on any atom is -0.478 e. The Bertz CT molecular complexity index is 568. The number of para-hydroxylation sites is 1. The fraction of sp³-hybridized carbons (Fsp3) is 0.214. The van der Waals surface area contributed by atoms with Crippen molar-refractivity contribution in [3.63, 3.8) is 0 Å². The van der Waals surface area contributed by atoms with E-state index < -0.39 is 5.97 Å². The van der Waals surface area contributed by atoms with Crippen LogP contribution in [0.15, 0.2) is 30.3 Å². The molecule has 0 saturated heterocycles. The molecule has 0 atom stereocenters. The Morgan fingerprint density at radius 3 is 2.12 bits per heavy atom. The third kappa shape index (κ3) is 1.73. The lowest BCUT2D eigenvalue weighted by Gasteiger charge is -2.09. The number of rotatable bonds is 2. The first-order valence-corrected chi connectivity index (χ1v) is 5.51. The molecule has 2 rings (SSSR count). The standard InChI is InChI=1S/C14H15NO2/c1-9-10(2)15(11(3)13(9)14(16)17)12-7-5-4-6-8-12/h4-8H,1-3H3,(H,16,17). The van der Waals surface area contributed by atoms with Crippen LogP contribution in [0.5, 0.6) is 0 Å². The Labute approximate surface area is 100 Å². The third-order valence-electron chi connectivity index (χ3n) is 3.18. The van der Waals surface area contributed by atoms with Gasteiger partial charge in [0.1, 0.15) is 0 Å². The van der Waals surface area contributed by atoms with Gasteiger partial charge in [0.2, 0.25) is 0 Å². The van der Waals surface area contributed by atoms with E-state index in [4.69, 9.17) is 0 Å². The average Bonchev–Trinajstić information content (AvgIpc) is 2.51. The molecule has 0 spiro atoms. The Kier molecular flexibility index (Phi) is 2.76. The SMILES string of the molecule is Cc1c(C(=O)O)c(C)n(-c2ccccc2)c1C. The molecular formula is C14H15NO2. The molecular weight excluding hydrogens is 214 g/mol. The monoisotopic (exact) mass is 229 g/mol. The van der Waals surface area contributed by atoms with Crippen LogP contribution in [0.2, 0.25) is 0 Å². The van der Waals surface area contributed by atoms with Gasteiger partial charge in [0, 0.05) is 17.1 Å². The molecule has 0 bridgehead atoms. The van der Waals surface area contributed by atoms with Crippen molar-refractivity contribution in [2.24, 2.45) is 0 Å². The predicted molar refractivity (Wildman–Crippen MR) is 66.9 cm³/mol. The summed E-state index contributed by atoms with van der Waals surface area (Å²) in [6, 6.07) is 9.80. The van der Waals surface area contributed by atoms with Crippen LogP contribution in [-0.4, -0.2) is 15.6 Å². The molecule has 0 aliphatic heterocycles. The Morgan fingerprint density at radius 1 is 1.06 bits per heavy atom. The largest absolute Gasteiger partial charge is 0.478 e. The molecule has 17 heavy (non-hydrogen) atoms. The molecule has 0 saturated carbocycles. The minimum absolute atomic E-state index is 0.409. The number of benzene rings is 1. The van der Waals surface area contributed by atoms with E-state index in [2.05, 4.69) is 0 Å². The van der Waals surface area contributed by atoms with Gasteiger partial charge >= 0.3 is 5.97 Å². The van der Waals surface area contributed by atoms with Crippen LogP contribution >= 0.6 is 0 Å². The highest BCUT2D eigenvalue weighted by atomic mass is 16.4. The summed E-state index contributed by atoms with van der Waals surface area (Å²) in [5, 5.41) is 9.22. The molecule has 0 fully saturated rings. The van der Waals surface area contributed by atoms with Crippen molar-refractivity contribution in [2.45, 2.75) is 20.8 Å². The Balaban J connectivity index is 2.72. The van der Waals surface area contributed by atoms with Gasteiger partial charge < -0.3 is 9.67 Å². The Morgan fingerprint density at radius 2 is 1.65 bits per heavy atom. The van der Waals surface area contributed by atoms with E-state index in [-0.39, 0.29) is 0 Å². The molecule has 0 amide bonds. The summed E-state index contributed by atoms with van der Waals surface area (Å²) in [4.78, 5) is 11.2. The number of hydrogen-bond acceptors (Lipinski definition) is 1. The van der Waals surface area contributed by atoms with Crippen molar-refractivity contribution in [1.29, 1.82) is 0 Å². The van der Waals surface area contributed by atoms with Gasteiger partial charge in [-0.15, -0.1) is 0 Å². The highest BCUT2D eigenvalue weighted by Gasteiger charge is 2.20. The van der Waals surface area contributed by atoms with Crippen LogP contribution in [-0.2, 0) is 0 Å². The van der Waals surface area contributed by atoms with E-state index in [0.717, 1.165) is 22.6 Å². The van der Waals surface area contributed by atoms with Crippen molar-refractivity contribution in [2.75, 3.05) is 0 Å². The highest BCUT2D eigenvalue weighted by Crippen LogP contribution is 2.25. The molecule has 3 nitrogen and oxygen atoms in total. The summed E-state index contributed by atoms with van der Waals surface area (Å²) < 4.78 is 1.98. The molecule has 0 aliphatic carbocycles. The first kappa shape index (κ1) is 11.5. The Hall–Kier alpha value is -2.03. The molecule has 2 aromatic rings. The van der Waals surface area contributed by atoms with Gasteiger partial charge in [-0.05, 0) is 38.5 Å². The molecule has 3 heteroatoms. The van der Waals surface area contributed by atoms with E-state index >= 15 is 0 Å². The molecule has 1 aromatic carbocycles. The lowest BCUT2D eigenvalue weighted by molar-refractivity contribution is 0.0695. The summed E-state index contributed by atoms with van der Waals surface area (Å²) in [7, 11) is 0. The van der Waals surface area contributed by atoms with Crippen LogP contribution in [0, 0.1) is 20.8 Å². The zero-order valence-corrected chi connectivity index (χ0v) is 10.2. The van der Waals surface area contributed by atoms with Crippen molar-refractivity contribution in [3.05, 3.63) is 52.8 Å². The van der Waals surface area contributed by atoms with Crippen LogP contribution in [0.1, 0.15) is 27.3 Å². The van der Waals surface area contributed by atoms with Crippen molar-refractivity contribution in [3.8, 4) is 5.69 Å². The minimum atomic E-state index is -0.863. The third-order valence-corrected chi connectivity index (χ3v) is 3.18. The summed E-state index contributed by atoms with van der Waals surface area (Å²) in [6.45, 7) is 5.64. The number of carbonyl (C=O) groups is 1. The van der Waals surface area contributed by atoms with E-state index in [9.17, 15) is 9.90 Å². The normalized spacial score (nSPS) is 10.5. The van der Waals surface area contributed by atoms with Crippen LogP contribution in [0.3, 0.4) is 0 Å². The zero-order valence-electron chi connectivity index (χ0n) is 10.2.